The van der Waals surface area contributed by atoms with Crippen LogP contribution in [0.2, 0.25) is 0 Å². The molecular weight excluding hydrogens is 414 g/mol. The van der Waals surface area contributed by atoms with Gasteiger partial charge in [0.05, 0.1) is 0 Å². The Morgan fingerprint density at radius 2 is 2.10 bits per heavy atom. The van der Waals surface area contributed by atoms with Crippen LogP contribution < -0.4 is 10.6 Å². The van der Waals surface area contributed by atoms with Crippen molar-refractivity contribution in [2.45, 2.75) is 42.2 Å². The number of aryl methyl sites for hydroxylation is 1. The molecule has 1 saturated carbocycles. The van der Waals surface area contributed by atoms with E-state index in [0.717, 1.165) is 40.5 Å². The molecule has 0 spiro atoms. The van der Waals surface area contributed by atoms with Gasteiger partial charge in [0.15, 0.2) is 5.82 Å². The SMILES string of the molecule is Cc1cc(Nc2nc(Sc3ccc(NC(=O)OC4CCC4)cc3)cc3nccn23)n[nH]1. The number of amides is 1. The largest absolute Gasteiger partial charge is 0.446 e. The van der Waals surface area contributed by atoms with Crippen molar-refractivity contribution in [1.29, 1.82) is 0 Å². The summed E-state index contributed by atoms with van der Waals surface area (Å²) in [5.41, 5.74) is 2.44. The van der Waals surface area contributed by atoms with Gasteiger partial charge in [-0.3, -0.25) is 14.8 Å². The number of ether oxygens (including phenoxy) is 1. The first-order valence-corrected chi connectivity index (χ1v) is 10.8. The van der Waals surface area contributed by atoms with Gasteiger partial charge in [-0.2, -0.15) is 5.10 Å². The lowest BCUT2D eigenvalue weighted by molar-refractivity contribution is 0.0624. The molecule has 4 aromatic rings. The van der Waals surface area contributed by atoms with E-state index in [0.29, 0.717) is 17.5 Å². The Kier molecular flexibility index (Phi) is 5.21. The second-order valence-electron chi connectivity index (χ2n) is 7.34. The van der Waals surface area contributed by atoms with Gasteiger partial charge in [0.2, 0.25) is 5.95 Å². The molecule has 5 rings (SSSR count). The molecule has 1 fully saturated rings. The summed E-state index contributed by atoms with van der Waals surface area (Å²) in [6.07, 6.45) is 6.27. The summed E-state index contributed by atoms with van der Waals surface area (Å²) >= 11 is 1.51. The number of hydrogen-bond donors (Lipinski definition) is 3. The van der Waals surface area contributed by atoms with Crippen LogP contribution in [0.15, 0.2) is 58.7 Å². The van der Waals surface area contributed by atoms with Gasteiger partial charge in [-0.1, -0.05) is 11.8 Å². The molecule has 158 valence electrons. The summed E-state index contributed by atoms with van der Waals surface area (Å²) in [7, 11) is 0. The first-order chi connectivity index (χ1) is 15.1. The minimum atomic E-state index is -0.402. The lowest BCUT2D eigenvalue weighted by Gasteiger charge is -2.25. The highest BCUT2D eigenvalue weighted by molar-refractivity contribution is 7.99. The summed E-state index contributed by atoms with van der Waals surface area (Å²) < 4.78 is 7.19. The summed E-state index contributed by atoms with van der Waals surface area (Å²) in [4.78, 5) is 22.0. The number of nitrogens with one attached hydrogen (secondary N) is 3. The van der Waals surface area contributed by atoms with Crippen molar-refractivity contribution in [3.8, 4) is 0 Å². The molecule has 9 nitrogen and oxygen atoms in total. The van der Waals surface area contributed by atoms with Crippen LogP contribution in [-0.2, 0) is 4.74 Å². The van der Waals surface area contributed by atoms with E-state index in [2.05, 4.69) is 25.8 Å². The smallest absolute Gasteiger partial charge is 0.411 e. The maximum atomic E-state index is 11.9. The fourth-order valence-electron chi connectivity index (χ4n) is 3.15. The fourth-order valence-corrected chi connectivity index (χ4v) is 3.96. The van der Waals surface area contributed by atoms with Crippen molar-refractivity contribution in [2.75, 3.05) is 10.6 Å². The molecule has 1 aromatic carbocycles. The van der Waals surface area contributed by atoms with Crippen molar-refractivity contribution in [3.05, 3.63) is 54.5 Å². The number of rotatable bonds is 6. The third-order valence-corrected chi connectivity index (χ3v) is 5.89. The number of fused-ring (bicyclic) bond motifs is 1. The van der Waals surface area contributed by atoms with Crippen LogP contribution in [0.25, 0.3) is 5.65 Å². The van der Waals surface area contributed by atoms with Crippen LogP contribution in [0.1, 0.15) is 25.0 Å². The van der Waals surface area contributed by atoms with Crippen molar-refractivity contribution in [3.63, 3.8) is 0 Å². The minimum absolute atomic E-state index is 0.0617. The second kappa shape index (κ2) is 8.31. The van der Waals surface area contributed by atoms with Crippen molar-refractivity contribution < 1.29 is 9.53 Å². The Balaban J connectivity index is 1.30. The monoisotopic (exact) mass is 435 g/mol. The molecular formula is C21H21N7O2S. The summed E-state index contributed by atoms with van der Waals surface area (Å²) in [5.74, 6) is 1.31. The number of benzene rings is 1. The molecule has 0 bridgehead atoms. The Hall–Kier alpha value is -3.53. The third kappa shape index (κ3) is 4.48. The first kappa shape index (κ1) is 19.4. The predicted octanol–water partition coefficient (Wildman–Crippen LogP) is 4.76. The van der Waals surface area contributed by atoms with Crippen LogP contribution in [-0.4, -0.2) is 36.8 Å². The Morgan fingerprint density at radius 3 is 2.81 bits per heavy atom. The Labute approximate surface area is 182 Å². The van der Waals surface area contributed by atoms with E-state index >= 15 is 0 Å². The molecule has 31 heavy (non-hydrogen) atoms. The van der Waals surface area contributed by atoms with Gasteiger partial charge in [0.25, 0.3) is 0 Å². The fraction of sp³-hybridized carbons (Fsp3) is 0.238. The number of imidazole rings is 1. The molecule has 0 saturated heterocycles. The van der Waals surface area contributed by atoms with Crippen LogP contribution >= 0.6 is 11.8 Å². The highest BCUT2D eigenvalue weighted by Crippen LogP contribution is 2.30. The van der Waals surface area contributed by atoms with E-state index in [1.807, 2.05) is 53.9 Å². The average molecular weight is 436 g/mol. The van der Waals surface area contributed by atoms with Gasteiger partial charge in [0.1, 0.15) is 16.8 Å². The number of anilines is 3. The number of aromatic nitrogens is 5. The molecule has 1 amide bonds. The van der Waals surface area contributed by atoms with Gasteiger partial charge >= 0.3 is 6.09 Å². The summed E-state index contributed by atoms with van der Waals surface area (Å²) in [6.45, 7) is 1.94. The topological polar surface area (TPSA) is 109 Å². The number of carbonyl (C=O) groups excluding carboxylic acids is 1. The molecule has 3 heterocycles. The number of H-pyrrole nitrogens is 1. The van der Waals surface area contributed by atoms with E-state index < -0.39 is 6.09 Å². The van der Waals surface area contributed by atoms with Crippen LogP contribution in [0.3, 0.4) is 0 Å². The van der Waals surface area contributed by atoms with Gasteiger partial charge in [-0.25, -0.2) is 14.8 Å². The van der Waals surface area contributed by atoms with Crippen molar-refractivity contribution >= 4 is 41.0 Å². The zero-order valence-electron chi connectivity index (χ0n) is 16.8. The van der Waals surface area contributed by atoms with E-state index in [1.165, 1.54) is 11.8 Å². The maximum Gasteiger partial charge on any atom is 0.411 e. The molecule has 1 aliphatic carbocycles. The molecule has 3 aromatic heterocycles. The summed E-state index contributed by atoms with van der Waals surface area (Å²) in [5, 5.41) is 13.9. The lowest BCUT2D eigenvalue weighted by atomic mass is 9.96. The number of carbonyl (C=O) groups is 1. The standard InChI is InChI=1S/C21H21N7O2S/c1-13-11-17(27-26-13)24-20-25-19(12-18-22-9-10-28(18)20)31-16-7-5-14(6-8-16)23-21(29)30-15-3-2-4-15/h5-12,15H,2-4H2,1H3,(H,23,29)(H2,24,25,26,27). The number of aromatic amines is 1. The van der Waals surface area contributed by atoms with E-state index in [4.69, 9.17) is 9.72 Å². The molecule has 1 aliphatic rings. The van der Waals surface area contributed by atoms with Gasteiger partial charge < -0.3 is 10.1 Å². The predicted molar refractivity (Wildman–Crippen MR) is 118 cm³/mol. The molecule has 0 atom stereocenters. The molecule has 0 aliphatic heterocycles. The Bertz CT molecular complexity index is 1210. The van der Waals surface area contributed by atoms with Crippen LogP contribution in [0, 0.1) is 6.92 Å². The van der Waals surface area contributed by atoms with Gasteiger partial charge in [-0.15, -0.1) is 0 Å². The molecule has 0 radical (unpaired) electrons. The van der Waals surface area contributed by atoms with E-state index in [9.17, 15) is 4.79 Å². The highest BCUT2D eigenvalue weighted by atomic mass is 32.2. The van der Waals surface area contributed by atoms with Crippen LogP contribution in [0.5, 0.6) is 0 Å². The van der Waals surface area contributed by atoms with Gasteiger partial charge in [0, 0.05) is 40.8 Å². The zero-order valence-corrected chi connectivity index (χ0v) is 17.6. The number of nitrogens with zero attached hydrogens (tertiary/aromatic N) is 4. The first-order valence-electron chi connectivity index (χ1n) is 10.0. The number of hydrogen-bond acceptors (Lipinski definition) is 7. The highest BCUT2D eigenvalue weighted by Gasteiger charge is 2.21. The maximum absolute atomic E-state index is 11.9. The minimum Gasteiger partial charge on any atom is -0.446 e. The van der Waals surface area contributed by atoms with E-state index in [1.54, 1.807) is 6.20 Å². The Morgan fingerprint density at radius 1 is 1.26 bits per heavy atom. The molecule has 3 N–H and O–H groups in total. The molecule has 0 unspecified atom stereocenters. The van der Waals surface area contributed by atoms with Crippen LogP contribution in [0.4, 0.5) is 22.2 Å². The lowest BCUT2D eigenvalue weighted by Crippen LogP contribution is -2.27. The van der Waals surface area contributed by atoms with Gasteiger partial charge in [-0.05, 0) is 50.5 Å². The summed E-state index contributed by atoms with van der Waals surface area (Å²) in [6, 6.07) is 11.4. The average Bonchev–Trinajstić information content (AvgIpc) is 3.35. The van der Waals surface area contributed by atoms with Crippen molar-refractivity contribution in [2.24, 2.45) is 0 Å². The second-order valence-corrected chi connectivity index (χ2v) is 8.44. The quantitative estimate of drug-likeness (QED) is 0.375. The third-order valence-electron chi connectivity index (χ3n) is 4.96. The van der Waals surface area contributed by atoms with Crippen molar-refractivity contribution in [1.82, 2.24) is 24.6 Å². The normalized spacial score (nSPS) is 13.7. The molecule has 10 heteroatoms. The van der Waals surface area contributed by atoms with E-state index in [-0.39, 0.29) is 6.10 Å². The zero-order chi connectivity index (χ0) is 21.2.